The lowest BCUT2D eigenvalue weighted by Gasteiger charge is -2.14. The maximum Gasteiger partial charge on any atom is 0.138 e. The van der Waals surface area contributed by atoms with Crippen LogP contribution in [0.1, 0.15) is 57.7 Å². The van der Waals surface area contributed by atoms with E-state index in [1.807, 2.05) is 4.68 Å². The van der Waals surface area contributed by atoms with Crippen molar-refractivity contribution in [1.29, 1.82) is 0 Å². The van der Waals surface area contributed by atoms with Gasteiger partial charge in [0.15, 0.2) is 0 Å². The minimum absolute atomic E-state index is 0.241. The first-order valence-corrected chi connectivity index (χ1v) is 7.42. The van der Waals surface area contributed by atoms with Crippen molar-refractivity contribution < 1.29 is 0 Å². The summed E-state index contributed by atoms with van der Waals surface area (Å²) >= 11 is 0. The Bertz CT molecular complexity index is 341. The molecule has 1 atom stereocenters. The number of hydrogen-bond donors (Lipinski definition) is 1. The van der Waals surface area contributed by atoms with Crippen LogP contribution in [0.3, 0.4) is 0 Å². The molecule has 1 heterocycles. The lowest BCUT2D eigenvalue weighted by molar-refractivity contribution is 0.438. The van der Waals surface area contributed by atoms with Gasteiger partial charge >= 0.3 is 0 Å². The summed E-state index contributed by atoms with van der Waals surface area (Å²) in [4.78, 5) is 4.33. The molecule has 0 radical (unpaired) electrons. The zero-order valence-electron chi connectivity index (χ0n) is 11.5. The first-order chi connectivity index (χ1) is 8.79. The Labute approximate surface area is 110 Å². The summed E-state index contributed by atoms with van der Waals surface area (Å²) in [5.41, 5.74) is 6.23. The van der Waals surface area contributed by atoms with E-state index in [1.54, 1.807) is 6.33 Å². The number of nitrogens with zero attached hydrogens (tertiary/aromatic N) is 3. The van der Waals surface area contributed by atoms with Crippen molar-refractivity contribution in [2.24, 2.45) is 11.7 Å². The van der Waals surface area contributed by atoms with Gasteiger partial charge in [0.05, 0.1) is 0 Å². The van der Waals surface area contributed by atoms with Crippen molar-refractivity contribution in [1.82, 2.24) is 14.8 Å². The summed E-state index contributed by atoms with van der Waals surface area (Å²) in [5.74, 6) is 1.99. The standard InChI is InChI=1S/C14H26N4/c1-2-9-18-14(16-11-17-18)10-13(15)8-7-12-5-3-4-6-12/h11-13H,2-10,15H2,1H3. The van der Waals surface area contributed by atoms with Crippen LogP contribution in [0.2, 0.25) is 0 Å². The molecule has 102 valence electrons. The fourth-order valence-electron chi connectivity index (χ4n) is 2.93. The summed E-state index contributed by atoms with van der Waals surface area (Å²) in [6, 6.07) is 0.241. The third-order valence-electron chi connectivity index (χ3n) is 4.00. The quantitative estimate of drug-likeness (QED) is 0.809. The van der Waals surface area contributed by atoms with Crippen molar-refractivity contribution in [3.63, 3.8) is 0 Å². The average molecular weight is 250 g/mol. The Balaban J connectivity index is 1.75. The molecule has 0 bridgehead atoms. The summed E-state index contributed by atoms with van der Waals surface area (Å²) in [6.07, 6.45) is 11.7. The molecule has 1 aromatic rings. The molecule has 1 aromatic heterocycles. The van der Waals surface area contributed by atoms with Crippen molar-refractivity contribution in [3.8, 4) is 0 Å². The van der Waals surface area contributed by atoms with E-state index in [4.69, 9.17) is 5.73 Å². The topological polar surface area (TPSA) is 56.7 Å². The summed E-state index contributed by atoms with van der Waals surface area (Å²) in [5, 5.41) is 4.25. The molecule has 4 nitrogen and oxygen atoms in total. The largest absolute Gasteiger partial charge is 0.327 e. The van der Waals surface area contributed by atoms with Gasteiger partial charge in [0.1, 0.15) is 12.2 Å². The lowest BCUT2D eigenvalue weighted by atomic mass is 9.97. The molecule has 1 saturated carbocycles. The molecule has 0 aliphatic heterocycles. The van der Waals surface area contributed by atoms with E-state index < -0.39 is 0 Å². The lowest BCUT2D eigenvalue weighted by Crippen LogP contribution is -2.25. The van der Waals surface area contributed by atoms with Gasteiger partial charge in [-0.3, -0.25) is 4.68 Å². The predicted molar refractivity (Wildman–Crippen MR) is 73.2 cm³/mol. The number of nitrogens with two attached hydrogens (primary N) is 1. The first kappa shape index (κ1) is 13.5. The van der Waals surface area contributed by atoms with E-state index in [9.17, 15) is 0 Å². The van der Waals surface area contributed by atoms with Gasteiger partial charge in [-0.05, 0) is 25.2 Å². The van der Waals surface area contributed by atoms with Gasteiger partial charge in [0, 0.05) is 19.0 Å². The van der Waals surface area contributed by atoms with Gasteiger partial charge < -0.3 is 5.73 Å². The highest BCUT2D eigenvalue weighted by molar-refractivity contribution is 4.89. The van der Waals surface area contributed by atoms with E-state index in [0.29, 0.717) is 0 Å². The molecule has 1 aliphatic rings. The molecule has 4 heteroatoms. The van der Waals surface area contributed by atoms with Crippen molar-refractivity contribution in [2.75, 3.05) is 0 Å². The highest BCUT2D eigenvalue weighted by Crippen LogP contribution is 2.28. The van der Waals surface area contributed by atoms with Gasteiger partial charge in [-0.15, -0.1) is 0 Å². The summed E-state index contributed by atoms with van der Waals surface area (Å²) in [7, 11) is 0. The van der Waals surface area contributed by atoms with E-state index in [-0.39, 0.29) is 6.04 Å². The number of aryl methyl sites for hydroxylation is 1. The first-order valence-electron chi connectivity index (χ1n) is 7.42. The molecule has 1 aliphatic carbocycles. The zero-order chi connectivity index (χ0) is 12.8. The highest BCUT2D eigenvalue weighted by atomic mass is 15.3. The maximum atomic E-state index is 6.23. The third-order valence-corrected chi connectivity index (χ3v) is 4.00. The monoisotopic (exact) mass is 250 g/mol. The van der Waals surface area contributed by atoms with E-state index in [0.717, 1.165) is 37.5 Å². The van der Waals surface area contributed by atoms with Gasteiger partial charge in [-0.2, -0.15) is 5.10 Å². The van der Waals surface area contributed by atoms with Crippen LogP contribution in [0.4, 0.5) is 0 Å². The summed E-state index contributed by atoms with van der Waals surface area (Å²) < 4.78 is 2.00. The molecule has 18 heavy (non-hydrogen) atoms. The molecule has 1 fully saturated rings. The molecular weight excluding hydrogens is 224 g/mol. The second kappa shape index (κ2) is 6.88. The predicted octanol–water partition coefficient (Wildman–Crippen LogP) is 2.53. The van der Waals surface area contributed by atoms with Crippen LogP contribution in [-0.2, 0) is 13.0 Å². The summed E-state index contributed by atoms with van der Waals surface area (Å²) in [6.45, 7) is 3.11. The number of hydrogen-bond acceptors (Lipinski definition) is 3. The van der Waals surface area contributed by atoms with Crippen LogP contribution in [0.5, 0.6) is 0 Å². The van der Waals surface area contributed by atoms with Crippen molar-refractivity contribution >= 4 is 0 Å². The Morgan fingerprint density at radius 1 is 1.44 bits per heavy atom. The Morgan fingerprint density at radius 3 is 2.94 bits per heavy atom. The van der Waals surface area contributed by atoms with Gasteiger partial charge in [-0.1, -0.05) is 32.6 Å². The molecule has 2 N–H and O–H groups in total. The van der Waals surface area contributed by atoms with Crippen molar-refractivity contribution in [2.45, 2.75) is 70.9 Å². The smallest absolute Gasteiger partial charge is 0.138 e. The minimum atomic E-state index is 0.241. The molecule has 2 rings (SSSR count). The SMILES string of the molecule is CCCn1ncnc1CC(N)CCC1CCCC1. The van der Waals surface area contributed by atoms with Crippen LogP contribution in [0.15, 0.2) is 6.33 Å². The minimum Gasteiger partial charge on any atom is -0.327 e. The van der Waals surface area contributed by atoms with Gasteiger partial charge in [0.2, 0.25) is 0 Å². The Morgan fingerprint density at radius 2 is 2.22 bits per heavy atom. The fourth-order valence-corrected chi connectivity index (χ4v) is 2.93. The number of aromatic nitrogens is 3. The average Bonchev–Trinajstić information content (AvgIpc) is 2.99. The van der Waals surface area contributed by atoms with Gasteiger partial charge in [-0.25, -0.2) is 4.98 Å². The van der Waals surface area contributed by atoms with Crippen LogP contribution in [0.25, 0.3) is 0 Å². The van der Waals surface area contributed by atoms with E-state index in [2.05, 4.69) is 17.0 Å². The zero-order valence-corrected chi connectivity index (χ0v) is 11.5. The number of rotatable bonds is 7. The molecule has 0 amide bonds. The Hall–Kier alpha value is -0.900. The van der Waals surface area contributed by atoms with Crippen LogP contribution in [0, 0.1) is 5.92 Å². The van der Waals surface area contributed by atoms with E-state index >= 15 is 0 Å². The Kier molecular flexibility index (Phi) is 5.17. The second-order valence-corrected chi connectivity index (χ2v) is 5.59. The second-order valence-electron chi connectivity index (χ2n) is 5.59. The highest BCUT2D eigenvalue weighted by Gasteiger charge is 2.17. The van der Waals surface area contributed by atoms with Gasteiger partial charge in [0.25, 0.3) is 0 Å². The molecule has 0 spiro atoms. The fraction of sp³-hybridized carbons (Fsp3) is 0.857. The van der Waals surface area contributed by atoms with Crippen LogP contribution in [-0.4, -0.2) is 20.8 Å². The molecule has 0 saturated heterocycles. The third kappa shape index (κ3) is 3.80. The molecule has 0 aromatic carbocycles. The van der Waals surface area contributed by atoms with Crippen LogP contribution < -0.4 is 5.73 Å². The molecule has 1 unspecified atom stereocenters. The normalized spacial score (nSPS) is 18.3. The maximum absolute atomic E-state index is 6.23. The van der Waals surface area contributed by atoms with Crippen LogP contribution >= 0.6 is 0 Å². The molecular formula is C14H26N4. The van der Waals surface area contributed by atoms with E-state index in [1.165, 1.54) is 32.1 Å². The van der Waals surface area contributed by atoms with Crippen molar-refractivity contribution in [3.05, 3.63) is 12.2 Å².